The minimum absolute atomic E-state index is 1.11. The molecule has 1 saturated heterocycles. The van der Waals surface area contributed by atoms with E-state index in [4.69, 9.17) is 0 Å². The maximum Gasteiger partial charge on any atom is 0.127 e. The Hall–Kier alpha value is -0.120. The van der Waals surface area contributed by atoms with Gasteiger partial charge in [-0.1, -0.05) is 0 Å². The van der Waals surface area contributed by atoms with E-state index in [0.29, 0.717) is 0 Å². The maximum absolute atomic E-state index is 3.87. The van der Waals surface area contributed by atoms with Crippen LogP contribution in [0.5, 0.6) is 0 Å². The van der Waals surface area contributed by atoms with Crippen molar-refractivity contribution in [2.45, 2.75) is 19.3 Å². The van der Waals surface area contributed by atoms with Gasteiger partial charge in [0.15, 0.2) is 0 Å². The van der Waals surface area contributed by atoms with Gasteiger partial charge < -0.3 is 15.5 Å². The van der Waals surface area contributed by atoms with E-state index in [1.165, 1.54) is 52.0 Å². The summed E-state index contributed by atoms with van der Waals surface area (Å²) < 4.78 is 0. The van der Waals surface area contributed by atoms with E-state index >= 15 is 0 Å². The third kappa shape index (κ3) is 4.60. The summed E-state index contributed by atoms with van der Waals surface area (Å²) in [6.45, 7) is 8.01. The number of piperazine rings is 1. The minimum atomic E-state index is 1.11. The summed E-state index contributed by atoms with van der Waals surface area (Å²) in [5.41, 5.74) is 3.87. The van der Waals surface area contributed by atoms with Crippen LogP contribution in [0.2, 0.25) is 0 Å². The molecule has 0 atom stereocenters. The van der Waals surface area contributed by atoms with Crippen LogP contribution in [-0.2, 0) is 0 Å². The van der Waals surface area contributed by atoms with Gasteiger partial charge in [-0.25, -0.2) is 0 Å². The van der Waals surface area contributed by atoms with Crippen molar-refractivity contribution in [3.8, 4) is 0 Å². The van der Waals surface area contributed by atoms with Crippen molar-refractivity contribution in [3.63, 3.8) is 0 Å². The van der Waals surface area contributed by atoms with E-state index in [0.717, 1.165) is 6.54 Å². The highest BCUT2D eigenvalue weighted by atomic mass is 15.2. The van der Waals surface area contributed by atoms with Crippen molar-refractivity contribution in [3.05, 3.63) is 0 Å². The highest BCUT2D eigenvalue weighted by molar-refractivity contribution is 4.40. The van der Waals surface area contributed by atoms with Crippen LogP contribution in [0, 0.1) is 0 Å². The largest absolute Gasteiger partial charge is 0.358 e. The lowest BCUT2D eigenvalue weighted by Gasteiger charge is -2.27. The molecular weight excluding hydrogens is 162 g/mol. The first kappa shape index (κ1) is 11.0. The number of unbranched alkanes of at least 4 members (excludes halogenated alkanes) is 2. The summed E-state index contributed by atoms with van der Waals surface area (Å²) in [7, 11) is 2.31. The van der Waals surface area contributed by atoms with Gasteiger partial charge in [0.25, 0.3) is 0 Å². The average Bonchev–Trinajstić information content (AvgIpc) is 2.15. The van der Waals surface area contributed by atoms with Gasteiger partial charge in [0.2, 0.25) is 0 Å². The molecule has 3 heteroatoms. The molecule has 1 heterocycles. The SMILES string of the molecule is C[NH+]1CC[NH+](CCCCC[NH3+])CC1. The second-order valence-electron chi connectivity index (χ2n) is 4.37. The van der Waals surface area contributed by atoms with Crippen molar-refractivity contribution >= 4 is 0 Å². The first-order valence-corrected chi connectivity index (χ1v) is 5.77. The zero-order valence-corrected chi connectivity index (χ0v) is 9.07. The molecule has 13 heavy (non-hydrogen) atoms. The summed E-state index contributed by atoms with van der Waals surface area (Å²) in [6.07, 6.45) is 4.11. The van der Waals surface area contributed by atoms with Crippen LogP contribution in [0.4, 0.5) is 0 Å². The Bertz CT molecular complexity index is 119. The van der Waals surface area contributed by atoms with Crippen molar-refractivity contribution in [1.82, 2.24) is 0 Å². The van der Waals surface area contributed by atoms with Crippen LogP contribution < -0.4 is 15.5 Å². The highest BCUT2D eigenvalue weighted by Gasteiger charge is 2.18. The number of hydrogen-bond donors (Lipinski definition) is 3. The first-order chi connectivity index (χ1) is 6.33. The summed E-state index contributed by atoms with van der Waals surface area (Å²) in [4.78, 5) is 3.54. The Morgan fingerprint density at radius 1 is 1.00 bits per heavy atom. The normalized spacial score (nSPS) is 29.1. The van der Waals surface area contributed by atoms with Gasteiger partial charge in [0.05, 0.1) is 20.1 Å². The van der Waals surface area contributed by atoms with E-state index in [1.54, 1.807) is 4.90 Å². The predicted molar refractivity (Wildman–Crippen MR) is 53.8 cm³/mol. The van der Waals surface area contributed by atoms with E-state index in [2.05, 4.69) is 12.8 Å². The monoisotopic (exact) mass is 188 g/mol. The Morgan fingerprint density at radius 3 is 2.31 bits per heavy atom. The average molecular weight is 188 g/mol. The van der Waals surface area contributed by atoms with Gasteiger partial charge in [-0.05, 0) is 19.3 Å². The van der Waals surface area contributed by atoms with Gasteiger partial charge in [0, 0.05) is 0 Å². The summed E-state index contributed by atoms with van der Waals surface area (Å²) in [5, 5.41) is 0. The molecule has 3 nitrogen and oxygen atoms in total. The Kier molecular flexibility index (Phi) is 5.35. The van der Waals surface area contributed by atoms with Crippen molar-refractivity contribution in [2.24, 2.45) is 0 Å². The predicted octanol–water partition coefficient (Wildman–Crippen LogP) is -3.19. The molecule has 0 aromatic rings. The van der Waals surface area contributed by atoms with Gasteiger partial charge in [-0.3, -0.25) is 0 Å². The third-order valence-corrected chi connectivity index (χ3v) is 3.09. The fourth-order valence-electron chi connectivity index (χ4n) is 2.01. The van der Waals surface area contributed by atoms with Gasteiger partial charge in [-0.15, -0.1) is 0 Å². The fraction of sp³-hybridized carbons (Fsp3) is 1.00. The second kappa shape index (κ2) is 6.35. The lowest BCUT2D eigenvalue weighted by Crippen LogP contribution is -3.27. The number of nitrogens with one attached hydrogen (secondary N) is 2. The quantitative estimate of drug-likeness (QED) is 0.381. The molecule has 0 aromatic carbocycles. The molecule has 0 unspecified atom stereocenters. The number of rotatable bonds is 5. The van der Waals surface area contributed by atoms with E-state index < -0.39 is 0 Å². The van der Waals surface area contributed by atoms with Gasteiger partial charge in [0.1, 0.15) is 26.2 Å². The summed E-state index contributed by atoms with van der Waals surface area (Å²) in [6, 6.07) is 0. The van der Waals surface area contributed by atoms with E-state index in [9.17, 15) is 0 Å². The Morgan fingerprint density at radius 2 is 1.69 bits per heavy atom. The number of quaternary nitrogens is 3. The smallest absolute Gasteiger partial charge is 0.127 e. The zero-order chi connectivity index (χ0) is 9.52. The highest BCUT2D eigenvalue weighted by Crippen LogP contribution is 1.88. The molecule has 0 aromatic heterocycles. The fourth-order valence-corrected chi connectivity index (χ4v) is 2.01. The van der Waals surface area contributed by atoms with Crippen molar-refractivity contribution in [1.29, 1.82) is 0 Å². The minimum Gasteiger partial charge on any atom is -0.358 e. The van der Waals surface area contributed by atoms with Crippen LogP contribution in [0.15, 0.2) is 0 Å². The summed E-state index contributed by atoms with van der Waals surface area (Å²) in [5.74, 6) is 0. The van der Waals surface area contributed by atoms with Gasteiger partial charge in [-0.2, -0.15) is 0 Å². The molecule has 1 aliphatic rings. The molecular formula is C10H26N3+3. The Balaban J connectivity index is 1.96. The van der Waals surface area contributed by atoms with Crippen molar-refractivity contribution < 1.29 is 15.5 Å². The molecule has 0 spiro atoms. The lowest BCUT2D eigenvalue weighted by molar-refractivity contribution is -1.00. The molecule has 78 valence electrons. The first-order valence-electron chi connectivity index (χ1n) is 5.77. The number of hydrogen-bond acceptors (Lipinski definition) is 0. The van der Waals surface area contributed by atoms with E-state index in [1.807, 2.05) is 4.90 Å². The molecule has 1 aliphatic heterocycles. The van der Waals surface area contributed by atoms with Crippen LogP contribution in [0.25, 0.3) is 0 Å². The Labute approximate surface area is 81.9 Å². The standard InChI is InChI=1S/C10H23N3/c1-12-7-9-13(10-8-12)6-4-2-3-5-11/h2-11H2,1H3/p+3. The molecule has 1 rings (SSSR count). The molecule has 0 radical (unpaired) electrons. The molecule has 0 amide bonds. The maximum atomic E-state index is 3.87. The van der Waals surface area contributed by atoms with Crippen molar-refractivity contribution in [2.75, 3.05) is 46.3 Å². The summed E-state index contributed by atoms with van der Waals surface area (Å²) >= 11 is 0. The van der Waals surface area contributed by atoms with Crippen LogP contribution >= 0.6 is 0 Å². The van der Waals surface area contributed by atoms with Crippen LogP contribution in [-0.4, -0.2) is 46.3 Å². The molecule has 5 N–H and O–H groups in total. The second-order valence-corrected chi connectivity index (χ2v) is 4.37. The topological polar surface area (TPSA) is 36.5 Å². The molecule has 1 fully saturated rings. The zero-order valence-electron chi connectivity index (χ0n) is 9.07. The number of likely N-dealkylation sites (N-methyl/N-ethyl adjacent to an activating group) is 1. The molecule has 0 aliphatic carbocycles. The molecule has 0 saturated carbocycles. The lowest BCUT2D eigenvalue weighted by atomic mass is 10.2. The third-order valence-electron chi connectivity index (χ3n) is 3.09. The van der Waals surface area contributed by atoms with Crippen LogP contribution in [0.3, 0.4) is 0 Å². The van der Waals surface area contributed by atoms with Gasteiger partial charge >= 0.3 is 0 Å². The molecule has 0 bridgehead atoms. The van der Waals surface area contributed by atoms with E-state index in [-0.39, 0.29) is 0 Å². The van der Waals surface area contributed by atoms with Crippen LogP contribution in [0.1, 0.15) is 19.3 Å².